The second kappa shape index (κ2) is 9.23. The zero-order valence-electron chi connectivity index (χ0n) is 15.7. The van der Waals surface area contributed by atoms with Crippen molar-refractivity contribution in [1.82, 2.24) is 14.9 Å². The average Bonchev–Trinajstić information content (AvgIpc) is 3.19. The van der Waals surface area contributed by atoms with Crippen molar-refractivity contribution in [3.05, 3.63) is 78.1 Å². The van der Waals surface area contributed by atoms with E-state index in [-0.39, 0.29) is 11.7 Å². The van der Waals surface area contributed by atoms with Crippen LogP contribution in [0.5, 0.6) is 0 Å². The van der Waals surface area contributed by atoms with Crippen LogP contribution in [-0.4, -0.2) is 34.3 Å². The summed E-state index contributed by atoms with van der Waals surface area (Å²) in [6.45, 7) is 2.03. The summed E-state index contributed by atoms with van der Waals surface area (Å²) in [5.74, 6) is -0.655. The number of ether oxygens (including phenoxy) is 1. The zero-order chi connectivity index (χ0) is 19.9. The molecule has 0 saturated heterocycles. The third-order valence-corrected chi connectivity index (χ3v) is 5.16. The number of carbonyl (C=O) groups excluding carboxylic acids is 2. The number of carbonyl (C=O) groups is 2. The van der Waals surface area contributed by atoms with E-state index in [9.17, 15) is 9.59 Å². The number of nitrogens with one attached hydrogen (secondary N) is 1. The van der Waals surface area contributed by atoms with Crippen LogP contribution >= 0.6 is 11.8 Å². The van der Waals surface area contributed by atoms with Crippen LogP contribution in [0.2, 0.25) is 0 Å². The van der Waals surface area contributed by atoms with E-state index >= 15 is 0 Å². The quantitative estimate of drug-likeness (QED) is 0.491. The van der Waals surface area contributed by atoms with Crippen LogP contribution in [0.25, 0.3) is 5.69 Å². The van der Waals surface area contributed by atoms with Gasteiger partial charge in [0.05, 0.1) is 18.6 Å². The number of aromatic nitrogens is 2. The lowest BCUT2D eigenvalue weighted by Gasteiger charge is -2.17. The van der Waals surface area contributed by atoms with Gasteiger partial charge in [-0.15, -0.1) is 0 Å². The van der Waals surface area contributed by atoms with Crippen LogP contribution in [0, 0.1) is 6.92 Å². The van der Waals surface area contributed by atoms with Gasteiger partial charge in [0.1, 0.15) is 0 Å². The fourth-order valence-electron chi connectivity index (χ4n) is 2.79. The predicted octanol–water partition coefficient (Wildman–Crippen LogP) is 3.30. The van der Waals surface area contributed by atoms with Gasteiger partial charge >= 0.3 is 5.97 Å². The van der Waals surface area contributed by atoms with Crippen LogP contribution < -0.4 is 5.32 Å². The molecule has 0 aliphatic rings. The van der Waals surface area contributed by atoms with E-state index in [0.717, 1.165) is 11.3 Å². The number of benzene rings is 2. The molecule has 7 heteroatoms. The van der Waals surface area contributed by atoms with Crippen molar-refractivity contribution in [3.63, 3.8) is 0 Å². The Bertz CT molecular complexity index is 956. The number of hydrogen-bond acceptors (Lipinski definition) is 5. The number of thioether (sulfide) groups is 1. The highest BCUT2D eigenvalue weighted by Crippen LogP contribution is 2.23. The van der Waals surface area contributed by atoms with Gasteiger partial charge in [0, 0.05) is 12.4 Å². The molecule has 1 N–H and O–H groups in total. The third kappa shape index (κ3) is 4.61. The van der Waals surface area contributed by atoms with E-state index < -0.39 is 12.0 Å². The van der Waals surface area contributed by atoms with Gasteiger partial charge in [-0.2, -0.15) is 0 Å². The monoisotopic (exact) mass is 395 g/mol. The first-order valence-electron chi connectivity index (χ1n) is 8.74. The van der Waals surface area contributed by atoms with Crippen molar-refractivity contribution < 1.29 is 14.3 Å². The number of esters is 1. The second-order valence-corrected chi connectivity index (χ2v) is 7.03. The highest BCUT2D eigenvalue weighted by Gasteiger charge is 2.23. The zero-order valence-corrected chi connectivity index (χ0v) is 16.5. The Kier molecular flexibility index (Phi) is 6.49. The number of imidazole rings is 1. The van der Waals surface area contributed by atoms with Crippen LogP contribution in [0.1, 0.15) is 17.2 Å². The summed E-state index contributed by atoms with van der Waals surface area (Å²) >= 11 is 1.31. The van der Waals surface area contributed by atoms with Gasteiger partial charge < -0.3 is 10.1 Å². The fourth-order valence-corrected chi connectivity index (χ4v) is 3.57. The standard InChI is InChI=1S/C21H21N3O3S/c1-15-8-6-7-11-17(15)24-13-12-22-21(24)28-14-18(25)23-19(20(26)27-2)16-9-4-3-5-10-16/h3-13,19H,14H2,1-2H3,(H,23,25). The van der Waals surface area contributed by atoms with E-state index in [1.54, 1.807) is 18.3 Å². The largest absolute Gasteiger partial charge is 0.467 e. The van der Waals surface area contributed by atoms with Crippen molar-refractivity contribution >= 4 is 23.6 Å². The number of hydrogen-bond donors (Lipinski definition) is 1. The maximum absolute atomic E-state index is 12.5. The van der Waals surface area contributed by atoms with Crippen molar-refractivity contribution in [3.8, 4) is 5.69 Å². The minimum atomic E-state index is -0.838. The molecule has 28 heavy (non-hydrogen) atoms. The number of rotatable bonds is 7. The molecule has 3 rings (SSSR count). The summed E-state index contributed by atoms with van der Waals surface area (Å²) in [4.78, 5) is 28.9. The molecule has 0 aliphatic carbocycles. The molecule has 0 spiro atoms. The summed E-state index contributed by atoms with van der Waals surface area (Å²) in [7, 11) is 1.30. The molecule has 0 fully saturated rings. The van der Waals surface area contributed by atoms with Gasteiger partial charge in [-0.25, -0.2) is 9.78 Å². The Morgan fingerprint density at radius 2 is 1.86 bits per heavy atom. The summed E-state index contributed by atoms with van der Waals surface area (Å²) in [5.41, 5.74) is 2.80. The van der Waals surface area contributed by atoms with Crippen LogP contribution in [0.4, 0.5) is 0 Å². The first-order chi connectivity index (χ1) is 13.6. The molecular weight excluding hydrogens is 374 g/mol. The Morgan fingerprint density at radius 1 is 1.14 bits per heavy atom. The lowest BCUT2D eigenvalue weighted by molar-refractivity contribution is -0.145. The normalized spacial score (nSPS) is 11.6. The number of amides is 1. The molecule has 1 atom stereocenters. The molecule has 0 radical (unpaired) electrons. The smallest absolute Gasteiger partial charge is 0.333 e. The molecule has 0 saturated carbocycles. The number of aryl methyl sites for hydroxylation is 1. The lowest BCUT2D eigenvalue weighted by Crippen LogP contribution is -2.35. The number of para-hydroxylation sites is 1. The predicted molar refractivity (Wildman–Crippen MR) is 108 cm³/mol. The first kappa shape index (κ1) is 19.7. The van der Waals surface area contributed by atoms with E-state index in [1.165, 1.54) is 18.9 Å². The van der Waals surface area contributed by atoms with Gasteiger partial charge in [-0.1, -0.05) is 60.3 Å². The van der Waals surface area contributed by atoms with Crippen molar-refractivity contribution in [2.75, 3.05) is 12.9 Å². The molecule has 1 aromatic heterocycles. The molecule has 1 unspecified atom stereocenters. The second-order valence-electron chi connectivity index (χ2n) is 6.09. The maximum Gasteiger partial charge on any atom is 0.333 e. The summed E-state index contributed by atoms with van der Waals surface area (Å²) < 4.78 is 6.78. The lowest BCUT2D eigenvalue weighted by atomic mass is 10.1. The molecule has 3 aromatic rings. The minimum absolute atomic E-state index is 0.128. The number of nitrogens with zero attached hydrogens (tertiary/aromatic N) is 2. The summed E-state index contributed by atoms with van der Waals surface area (Å²) in [6, 6.07) is 16.2. The van der Waals surface area contributed by atoms with E-state index in [4.69, 9.17) is 4.74 Å². The Balaban J connectivity index is 1.68. The van der Waals surface area contributed by atoms with Gasteiger partial charge in [0.25, 0.3) is 0 Å². The maximum atomic E-state index is 12.5. The molecule has 0 bridgehead atoms. The summed E-state index contributed by atoms with van der Waals surface area (Å²) in [6.07, 6.45) is 3.57. The van der Waals surface area contributed by atoms with Crippen LogP contribution in [0.3, 0.4) is 0 Å². The van der Waals surface area contributed by atoms with E-state index in [0.29, 0.717) is 10.7 Å². The van der Waals surface area contributed by atoms with Crippen molar-refractivity contribution in [2.24, 2.45) is 0 Å². The third-order valence-electron chi connectivity index (χ3n) is 4.19. The van der Waals surface area contributed by atoms with Crippen LogP contribution in [0.15, 0.2) is 72.1 Å². The first-order valence-corrected chi connectivity index (χ1v) is 9.73. The van der Waals surface area contributed by atoms with Gasteiger partial charge in [-0.3, -0.25) is 9.36 Å². The van der Waals surface area contributed by atoms with Crippen molar-refractivity contribution in [2.45, 2.75) is 18.1 Å². The number of methoxy groups -OCH3 is 1. The van der Waals surface area contributed by atoms with E-state index in [1.807, 2.05) is 60.2 Å². The Labute approximate surface area is 167 Å². The van der Waals surface area contributed by atoms with Gasteiger partial charge in [-0.05, 0) is 24.1 Å². The molecule has 1 heterocycles. The average molecular weight is 395 g/mol. The highest BCUT2D eigenvalue weighted by atomic mass is 32.2. The van der Waals surface area contributed by atoms with Crippen molar-refractivity contribution in [1.29, 1.82) is 0 Å². The molecule has 1 amide bonds. The molecule has 144 valence electrons. The highest BCUT2D eigenvalue weighted by molar-refractivity contribution is 7.99. The topological polar surface area (TPSA) is 73.2 Å². The van der Waals surface area contributed by atoms with Gasteiger partial charge in [0.15, 0.2) is 11.2 Å². The SMILES string of the molecule is COC(=O)C(NC(=O)CSc1nccn1-c1ccccc1C)c1ccccc1. The van der Waals surface area contributed by atoms with Gasteiger partial charge in [0.2, 0.25) is 5.91 Å². The molecular formula is C21H21N3O3S. The molecule has 2 aromatic carbocycles. The van der Waals surface area contributed by atoms with E-state index in [2.05, 4.69) is 10.3 Å². The fraction of sp³-hybridized carbons (Fsp3) is 0.190. The Hall–Kier alpha value is -3.06. The minimum Gasteiger partial charge on any atom is -0.467 e. The molecule has 0 aliphatic heterocycles. The van der Waals surface area contributed by atoms with Crippen LogP contribution in [-0.2, 0) is 14.3 Å². The summed E-state index contributed by atoms with van der Waals surface area (Å²) in [5, 5.41) is 3.45. The Morgan fingerprint density at radius 3 is 2.57 bits per heavy atom. The molecule has 6 nitrogen and oxygen atoms in total.